The van der Waals surface area contributed by atoms with Crippen molar-refractivity contribution in [2.24, 2.45) is 0 Å². The first-order valence-corrected chi connectivity index (χ1v) is 6.14. The average Bonchev–Trinajstić information content (AvgIpc) is 2.56. The standard InChI is InChI=1S/C12H9BrOS/c1-8-11(13)10(7-14)12(15-8)9-5-3-2-4-6-9/h2-7H,1H3. The molecular weight excluding hydrogens is 272 g/mol. The number of aldehydes is 1. The highest BCUT2D eigenvalue weighted by Crippen LogP contribution is 2.38. The molecule has 0 aliphatic heterocycles. The third-order valence-corrected chi connectivity index (χ3v) is 4.65. The molecule has 0 N–H and O–H groups in total. The fraction of sp³-hybridized carbons (Fsp3) is 0.0833. The number of benzene rings is 1. The summed E-state index contributed by atoms with van der Waals surface area (Å²) in [6.45, 7) is 2.01. The van der Waals surface area contributed by atoms with Crippen molar-refractivity contribution in [2.45, 2.75) is 6.92 Å². The summed E-state index contributed by atoms with van der Waals surface area (Å²) in [6, 6.07) is 9.97. The number of carbonyl (C=O) groups excluding carboxylic acids is 1. The summed E-state index contributed by atoms with van der Waals surface area (Å²) in [5.41, 5.74) is 1.85. The molecule has 0 aliphatic rings. The lowest BCUT2D eigenvalue weighted by Crippen LogP contribution is -1.81. The van der Waals surface area contributed by atoms with Crippen molar-refractivity contribution in [3.8, 4) is 10.4 Å². The van der Waals surface area contributed by atoms with Crippen LogP contribution >= 0.6 is 27.3 Å². The Morgan fingerprint density at radius 2 is 1.93 bits per heavy atom. The van der Waals surface area contributed by atoms with Crippen LogP contribution in [-0.4, -0.2) is 6.29 Å². The third kappa shape index (κ3) is 1.90. The third-order valence-electron chi connectivity index (χ3n) is 2.20. The molecule has 1 aromatic heterocycles. The molecule has 0 bridgehead atoms. The molecule has 0 saturated heterocycles. The highest BCUT2D eigenvalue weighted by molar-refractivity contribution is 9.10. The highest BCUT2D eigenvalue weighted by Gasteiger charge is 2.13. The SMILES string of the molecule is Cc1sc(-c2ccccc2)c(C=O)c1Br. The van der Waals surface area contributed by atoms with E-state index in [9.17, 15) is 4.79 Å². The van der Waals surface area contributed by atoms with Gasteiger partial charge in [-0.15, -0.1) is 11.3 Å². The van der Waals surface area contributed by atoms with E-state index in [1.807, 2.05) is 37.3 Å². The summed E-state index contributed by atoms with van der Waals surface area (Å²) < 4.78 is 0.918. The molecule has 0 atom stereocenters. The van der Waals surface area contributed by atoms with Gasteiger partial charge >= 0.3 is 0 Å². The van der Waals surface area contributed by atoms with E-state index in [0.29, 0.717) is 0 Å². The number of rotatable bonds is 2. The molecule has 76 valence electrons. The first kappa shape index (κ1) is 10.6. The fourth-order valence-corrected chi connectivity index (χ4v) is 3.14. The van der Waals surface area contributed by atoms with Gasteiger partial charge in [-0.2, -0.15) is 0 Å². The van der Waals surface area contributed by atoms with E-state index in [4.69, 9.17) is 0 Å². The van der Waals surface area contributed by atoms with Crippen LogP contribution in [0, 0.1) is 6.92 Å². The van der Waals surface area contributed by atoms with Crippen LogP contribution in [0.2, 0.25) is 0 Å². The van der Waals surface area contributed by atoms with Crippen molar-refractivity contribution in [1.29, 1.82) is 0 Å². The maximum absolute atomic E-state index is 11.0. The van der Waals surface area contributed by atoms with Gasteiger partial charge in [0.25, 0.3) is 0 Å². The molecule has 1 heterocycles. The van der Waals surface area contributed by atoms with Gasteiger partial charge in [-0.05, 0) is 28.4 Å². The molecule has 0 saturated carbocycles. The molecule has 0 fully saturated rings. The molecule has 0 aliphatic carbocycles. The van der Waals surface area contributed by atoms with E-state index in [2.05, 4.69) is 15.9 Å². The number of aryl methyl sites for hydroxylation is 1. The van der Waals surface area contributed by atoms with Gasteiger partial charge in [0.05, 0.1) is 0 Å². The Hall–Kier alpha value is -0.930. The lowest BCUT2D eigenvalue weighted by Gasteiger charge is -1.97. The van der Waals surface area contributed by atoms with E-state index in [0.717, 1.165) is 31.6 Å². The smallest absolute Gasteiger partial charge is 0.152 e. The summed E-state index contributed by atoms with van der Waals surface area (Å²) in [4.78, 5) is 13.2. The summed E-state index contributed by atoms with van der Waals surface area (Å²) >= 11 is 5.08. The van der Waals surface area contributed by atoms with Crippen molar-refractivity contribution < 1.29 is 4.79 Å². The second-order valence-corrected chi connectivity index (χ2v) is 5.22. The van der Waals surface area contributed by atoms with Gasteiger partial charge in [0.15, 0.2) is 6.29 Å². The molecule has 3 heteroatoms. The van der Waals surface area contributed by atoms with Crippen LogP contribution in [0.4, 0.5) is 0 Å². The van der Waals surface area contributed by atoms with Gasteiger partial charge in [0.2, 0.25) is 0 Å². The first-order chi connectivity index (χ1) is 7.24. The number of hydrogen-bond acceptors (Lipinski definition) is 2. The normalized spacial score (nSPS) is 10.3. The number of carbonyl (C=O) groups is 1. The lowest BCUT2D eigenvalue weighted by atomic mass is 10.1. The average molecular weight is 281 g/mol. The lowest BCUT2D eigenvalue weighted by molar-refractivity contribution is 0.112. The Morgan fingerprint density at radius 1 is 1.27 bits per heavy atom. The Morgan fingerprint density at radius 3 is 2.53 bits per heavy atom. The van der Waals surface area contributed by atoms with Crippen LogP contribution in [-0.2, 0) is 0 Å². The van der Waals surface area contributed by atoms with Crippen LogP contribution in [0.25, 0.3) is 10.4 Å². The maximum Gasteiger partial charge on any atom is 0.152 e. The van der Waals surface area contributed by atoms with Gasteiger partial charge in [0, 0.05) is 19.8 Å². The molecule has 1 nitrogen and oxygen atoms in total. The van der Waals surface area contributed by atoms with Crippen molar-refractivity contribution in [1.82, 2.24) is 0 Å². The molecule has 2 rings (SSSR count). The number of hydrogen-bond donors (Lipinski definition) is 0. The molecule has 0 spiro atoms. The van der Waals surface area contributed by atoms with E-state index < -0.39 is 0 Å². The van der Waals surface area contributed by atoms with E-state index in [1.165, 1.54) is 0 Å². The van der Waals surface area contributed by atoms with Gasteiger partial charge in [0.1, 0.15) is 0 Å². The minimum Gasteiger partial charge on any atom is -0.298 e. The van der Waals surface area contributed by atoms with Crippen molar-refractivity contribution in [3.63, 3.8) is 0 Å². The van der Waals surface area contributed by atoms with Crippen molar-refractivity contribution in [2.75, 3.05) is 0 Å². The zero-order valence-electron chi connectivity index (χ0n) is 8.16. The highest BCUT2D eigenvalue weighted by atomic mass is 79.9. The van der Waals surface area contributed by atoms with E-state index in [-0.39, 0.29) is 0 Å². The molecule has 0 radical (unpaired) electrons. The number of halogens is 1. The van der Waals surface area contributed by atoms with Crippen LogP contribution in [0.3, 0.4) is 0 Å². The van der Waals surface area contributed by atoms with Crippen molar-refractivity contribution in [3.05, 3.63) is 45.2 Å². The predicted molar refractivity (Wildman–Crippen MR) is 67.6 cm³/mol. The molecule has 1 aromatic carbocycles. The fourth-order valence-electron chi connectivity index (χ4n) is 1.45. The quantitative estimate of drug-likeness (QED) is 0.750. The largest absolute Gasteiger partial charge is 0.298 e. The maximum atomic E-state index is 11.0. The second kappa shape index (κ2) is 4.29. The summed E-state index contributed by atoms with van der Waals surface area (Å²) in [6.07, 6.45) is 0.913. The van der Waals surface area contributed by atoms with Gasteiger partial charge in [-0.3, -0.25) is 4.79 Å². The summed E-state index contributed by atoms with van der Waals surface area (Å²) in [5.74, 6) is 0. The number of thiophene rings is 1. The zero-order valence-corrected chi connectivity index (χ0v) is 10.6. The second-order valence-electron chi connectivity index (χ2n) is 3.20. The molecule has 15 heavy (non-hydrogen) atoms. The van der Waals surface area contributed by atoms with Crippen molar-refractivity contribution >= 4 is 33.6 Å². The summed E-state index contributed by atoms with van der Waals surface area (Å²) in [5, 5.41) is 0. The Labute approximate surface area is 101 Å². The van der Waals surface area contributed by atoms with Crippen LogP contribution < -0.4 is 0 Å². The first-order valence-electron chi connectivity index (χ1n) is 4.53. The Bertz CT molecular complexity index is 488. The zero-order chi connectivity index (χ0) is 10.8. The van der Waals surface area contributed by atoms with Gasteiger partial charge in [-0.1, -0.05) is 30.3 Å². The minimum atomic E-state index is 0.753. The molecule has 0 amide bonds. The van der Waals surface area contributed by atoms with Gasteiger partial charge in [-0.25, -0.2) is 0 Å². The van der Waals surface area contributed by atoms with Crippen LogP contribution in [0.5, 0.6) is 0 Å². The Kier molecular flexibility index (Phi) is 3.03. The summed E-state index contributed by atoms with van der Waals surface area (Å²) in [7, 11) is 0. The Balaban J connectivity index is 2.63. The predicted octanol–water partition coefficient (Wildman–Crippen LogP) is 4.30. The monoisotopic (exact) mass is 280 g/mol. The minimum absolute atomic E-state index is 0.753. The molecule has 0 unspecified atom stereocenters. The molecular formula is C12H9BrOS. The topological polar surface area (TPSA) is 17.1 Å². The van der Waals surface area contributed by atoms with E-state index >= 15 is 0 Å². The van der Waals surface area contributed by atoms with Crippen LogP contribution in [0.1, 0.15) is 15.2 Å². The molecule has 2 aromatic rings. The van der Waals surface area contributed by atoms with Gasteiger partial charge < -0.3 is 0 Å². The van der Waals surface area contributed by atoms with E-state index in [1.54, 1.807) is 11.3 Å². The van der Waals surface area contributed by atoms with Crippen LogP contribution in [0.15, 0.2) is 34.8 Å².